The van der Waals surface area contributed by atoms with Crippen molar-refractivity contribution >= 4 is 45.6 Å². The van der Waals surface area contributed by atoms with E-state index in [9.17, 15) is 0 Å². The summed E-state index contributed by atoms with van der Waals surface area (Å²) in [6.45, 7) is 0.780. The molecule has 0 bridgehead atoms. The molecular formula is C8H11IN4S. The number of nitrogens with two attached hydrogens (primary N) is 1. The van der Waals surface area contributed by atoms with Crippen LogP contribution >= 0.6 is 34.8 Å². The van der Waals surface area contributed by atoms with Gasteiger partial charge in [0.1, 0.15) is 12.1 Å². The molecule has 0 saturated heterocycles. The lowest BCUT2D eigenvalue weighted by molar-refractivity contribution is 0.887. The Bertz CT molecular complexity index is 331. The lowest BCUT2D eigenvalue weighted by Gasteiger charge is -2.18. The van der Waals surface area contributed by atoms with Gasteiger partial charge in [-0.05, 0) is 22.6 Å². The van der Waals surface area contributed by atoms with Crippen molar-refractivity contribution in [3.63, 3.8) is 0 Å². The van der Waals surface area contributed by atoms with Crippen LogP contribution in [0.1, 0.15) is 6.42 Å². The fourth-order valence-corrected chi connectivity index (χ4v) is 1.77. The van der Waals surface area contributed by atoms with E-state index in [-0.39, 0.29) is 0 Å². The normalized spacial score (nSPS) is 9.86. The zero-order valence-corrected chi connectivity index (χ0v) is 10.7. The molecule has 14 heavy (non-hydrogen) atoms. The molecule has 0 aromatic carbocycles. The molecule has 1 aromatic heterocycles. The first-order valence-electron chi connectivity index (χ1n) is 4.06. The topological polar surface area (TPSA) is 55.0 Å². The van der Waals surface area contributed by atoms with Crippen LogP contribution in [0.25, 0.3) is 0 Å². The number of halogens is 1. The van der Waals surface area contributed by atoms with Crippen LogP contribution in [0.4, 0.5) is 5.82 Å². The molecule has 76 valence electrons. The minimum atomic E-state index is 0.529. The maximum Gasteiger partial charge on any atom is 0.145 e. The van der Waals surface area contributed by atoms with E-state index >= 15 is 0 Å². The Morgan fingerprint density at radius 1 is 1.71 bits per heavy atom. The van der Waals surface area contributed by atoms with Crippen LogP contribution in [-0.4, -0.2) is 28.5 Å². The fourth-order valence-electron chi connectivity index (χ4n) is 0.971. The molecule has 0 radical (unpaired) electrons. The Kier molecular flexibility index (Phi) is 4.46. The van der Waals surface area contributed by atoms with E-state index in [0.717, 1.165) is 15.9 Å². The number of hydrogen-bond donors (Lipinski definition) is 1. The third kappa shape index (κ3) is 3.33. The predicted octanol–water partition coefficient (Wildman–Crippen LogP) is 1.19. The first kappa shape index (κ1) is 11.6. The van der Waals surface area contributed by atoms with E-state index in [2.05, 4.69) is 32.6 Å². The van der Waals surface area contributed by atoms with E-state index < -0.39 is 0 Å². The lowest BCUT2D eigenvalue weighted by Crippen LogP contribution is -2.24. The Hall–Kier alpha value is -0.500. The molecular weight excluding hydrogens is 311 g/mol. The molecule has 0 fully saturated rings. The number of aromatic nitrogens is 2. The van der Waals surface area contributed by atoms with Crippen molar-refractivity contribution in [2.45, 2.75) is 6.42 Å². The van der Waals surface area contributed by atoms with Crippen molar-refractivity contribution in [2.24, 2.45) is 5.73 Å². The van der Waals surface area contributed by atoms with Gasteiger partial charge < -0.3 is 10.6 Å². The van der Waals surface area contributed by atoms with Gasteiger partial charge in [-0.3, -0.25) is 0 Å². The largest absolute Gasteiger partial charge is 0.393 e. The van der Waals surface area contributed by atoms with E-state index in [1.54, 1.807) is 6.20 Å². The van der Waals surface area contributed by atoms with Gasteiger partial charge in [-0.1, -0.05) is 12.2 Å². The van der Waals surface area contributed by atoms with Crippen molar-refractivity contribution in [2.75, 3.05) is 18.5 Å². The third-order valence-corrected chi connectivity index (χ3v) is 2.67. The molecule has 0 aliphatic carbocycles. The Labute approximate surface area is 102 Å². The van der Waals surface area contributed by atoms with E-state index in [1.165, 1.54) is 6.33 Å². The average molecular weight is 322 g/mol. The highest BCUT2D eigenvalue weighted by Crippen LogP contribution is 2.16. The second-order valence-corrected chi connectivity index (χ2v) is 4.52. The molecule has 0 spiro atoms. The molecule has 1 rings (SSSR count). The monoisotopic (exact) mass is 322 g/mol. The van der Waals surface area contributed by atoms with Crippen molar-refractivity contribution in [1.29, 1.82) is 0 Å². The Morgan fingerprint density at radius 3 is 3.00 bits per heavy atom. The first-order valence-corrected chi connectivity index (χ1v) is 5.55. The number of hydrogen-bond acceptors (Lipinski definition) is 4. The number of anilines is 1. The van der Waals surface area contributed by atoms with Crippen LogP contribution in [0.3, 0.4) is 0 Å². The molecule has 0 aliphatic heterocycles. The predicted molar refractivity (Wildman–Crippen MR) is 69.4 cm³/mol. The van der Waals surface area contributed by atoms with Gasteiger partial charge in [0.15, 0.2) is 0 Å². The summed E-state index contributed by atoms with van der Waals surface area (Å²) in [4.78, 5) is 10.7. The standard InChI is InChI=1S/C8H11IN4S/c1-13(3-2-7(10)14)8-6(9)4-11-5-12-8/h4-5H,2-3H2,1H3,(H2,10,14). The van der Waals surface area contributed by atoms with Gasteiger partial charge in [0, 0.05) is 26.2 Å². The summed E-state index contributed by atoms with van der Waals surface area (Å²) in [6, 6.07) is 0. The molecule has 0 aliphatic rings. The summed E-state index contributed by atoms with van der Waals surface area (Å²) < 4.78 is 1.02. The first-order chi connectivity index (χ1) is 6.61. The summed E-state index contributed by atoms with van der Waals surface area (Å²) in [7, 11) is 1.96. The fraction of sp³-hybridized carbons (Fsp3) is 0.375. The zero-order chi connectivity index (χ0) is 10.6. The van der Waals surface area contributed by atoms with Gasteiger partial charge in [-0.25, -0.2) is 9.97 Å². The summed E-state index contributed by atoms with van der Waals surface area (Å²) in [5.74, 6) is 0.914. The van der Waals surface area contributed by atoms with Crippen LogP contribution in [-0.2, 0) is 0 Å². The summed E-state index contributed by atoms with van der Waals surface area (Å²) in [5, 5.41) is 0. The second-order valence-electron chi connectivity index (χ2n) is 2.83. The molecule has 0 unspecified atom stereocenters. The van der Waals surface area contributed by atoms with Crippen molar-refractivity contribution < 1.29 is 0 Å². The lowest BCUT2D eigenvalue weighted by atomic mass is 10.4. The van der Waals surface area contributed by atoms with E-state index in [4.69, 9.17) is 18.0 Å². The quantitative estimate of drug-likeness (QED) is 0.667. The third-order valence-electron chi connectivity index (χ3n) is 1.70. The molecule has 1 heterocycles. The SMILES string of the molecule is CN(CCC(N)=S)c1ncncc1I. The van der Waals surface area contributed by atoms with Crippen molar-refractivity contribution in [1.82, 2.24) is 9.97 Å². The van der Waals surface area contributed by atoms with Crippen LogP contribution in [0.2, 0.25) is 0 Å². The molecule has 4 nitrogen and oxygen atoms in total. The summed E-state index contributed by atoms with van der Waals surface area (Å²) in [5.41, 5.74) is 5.43. The van der Waals surface area contributed by atoms with Gasteiger partial charge in [0.25, 0.3) is 0 Å². The van der Waals surface area contributed by atoms with E-state index in [0.29, 0.717) is 11.4 Å². The highest BCUT2D eigenvalue weighted by molar-refractivity contribution is 14.1. The maximum absolute atomic E-state index is 5.43. The van der Waals surface area contributed by atoms with Gasteiger partial charge in [0.05, 0.1) is 8.56 Å². The van der Waals surface area contributed by atoms with Crippen molar-refractivity contribution in [3.8, 4) is 0 Å². The second kappa shape index (κ2) is 5.40. The number of nitrogens with zero attached hydrogens (tertiary/aromatic N) is 3. The number of rotatable bonds is 4. The minimum absolute atomic E-state index is 0.529. The Morgan fingerprint density at radius 2 is 2.43 bits per heavy atom. The van der Waals surface area contributed by atoms with Gasteiger partial charge in [-0.15, -0.1) is 0 Å². The van der Waals surface area contributed by atoms with Crippen LogP contribution in [0.5, 0.6) is 0 Å². The number of thiocarbonyl (C=S) groups is 1. The van der Waals surface area contributed by atoms with E-state index in [1.807, 2.05) is 11.9 Å². The van der Waals surface area contributed by atoms with Gasteiger partial charge in [0.2, 0.25) is 0 Å². The Balaban J connectivity index is 2.65. The van der Waals surface area contributed by atoms with Crippen molar-refractivity contribution in [3.05, 3.63) is 16.1 Å². The van der Waals surface area contributed by atoms with Gasteiger partial charge >= 0.3 is 0 Å². The summed E-state index contributed by atoms with van der Waals surface area (Å²) >= 11 is 7.02. The maximum atomic E-state index is 5.43. The minimum Gasteiger partial charge on any atom is -0.393 e. The highest BCUT2D eigenvalue weighted by Gasteiger charge is 2.06. The van der Waals surface area contributed by atoms with Gasteiger partial charge in [-0.2, -0.15) is 0 Å². The smallest absolute Gasteiger partial charge is 0.145 e. The average Bonchev–Trinajstić information content (AvgIpc) is 2.15. The summed E-state index contributed by atoms with van der Waals surface area (Å²) in [6.07, 6.45) is 4.01. The molecule has 0 saturated carbocycles. The highest BCUT2D eigenvalue weighted by atomic mass is 127. The molecule has 0 amide bonds. The zero-order valence-electron chi connectivity index (χ0n) is 7.77. The van der Waals surface area contributed by atoms with Crippen LogP contribution in [0, 0.1) is 3.57 Å². The van der Waals surface area contributed by atoms with Crippen LogP contribution in [0.15, 0.2) is 12.5 Å². The van der Waals surface area contributed by atoms with Crippen LogP contribution < -0.4 is 10.6 Å². The molecule has 1 aromatic rings. The molecule has 2 N–H and O–H groups in total. The molecule has 0 atom stereocenters. The molecule has 6 heteroatoms.